The van der Waals surface area contributed by atoms with Gasteiger partial charge in [-0.15, -0.1) is 11.3 Å². The monoisotopic (exact) mass is 395 g/mol. The summed E-state index contributed by atoms with van der Waals surface area (Å²) in [5, 5.41) is 8.47. The minimum absolute atomic E-state index is 0.114. The first-order valence-corrected chi connectivity index (χ1v) is 9.11. The first kappa shape index (κ1) is 17.8. The fourth-order valence-corrected chi connectivity index (χ4v) is 3.46. The van der Waals surface area contributed by atoms with Gasteiger partial charge in [0.25, 0.3) is 0 Å². The summed E-state index contributed by atoms with van der Waals surface area (Å²) in [6.45, 7) is 2.29. The van der Waals surface area contributed by atoms with Gasteiger partial charge in [-0.2, -0.15) is 5.10 Å². The molecule has 0 spiro atoms. The standard InChI is InChI=1S/C16H15Cl2N5OS/c1-10(7-23-9-19-8-21-23)15(24)22-16-20-6-12(25-16)5-11-3-2-4-13(17)14(11)18/h2-4,6,8-10H,5,7H2,1H3,(H,20,22,24)/t10-/m1/s1. The van der Waals surface area contributed by atoms with Gasteiger partial charge in [0.15, 0.2) is 5.13 Å². The third kappa shape index (κ3) is 4.56. The van der Waals surface area contributed by atoms with Crippen LogP contribution >= 0.6 is 34.5 Å². The van der Waals surface area contributed by atoms with E-state index < -0.39 is 0 Å². The highest BCUT2D eigenvalue weighted by Crippen LogP contribution is 2.29. The minimum atomic E-state index is -0.253. The van der Waals surface area contributed by atoms with E-state index in [0.29, 0.717) is 28.1 Å². The molecule has 0 fully saturated rings. The van der Waals surface area contributed by atoms with Crippen LogP contribution in [0.2, 0.25) is 10.0 Å². The Morgan fingerprint density at radius 2 is 2.24 bits per heavy atom. The first-order chi connectivity index (χ1) is 12.0. The van der Waals surface area contributed by atoms with E-state index in [2.05, 4.69) is 20.4 Å². The molecule has 1 N–H and O–H groups in total. The Hall–Kier alpha value is -1.96. The average Bonchev–Trinajstić information content (AvgIpc) is 3.24. The summed E-state index contributed by atoms with van der Waals surface area (Å²) in [6.07, 6.45) is 5.37. The second-order valence-corrected chi connectivity index (χ2v) is 7.43. The third-order valence-electron chi connectivity index (χ3n) is 3.56. The van der Waals surface area contributed by atoms with Crippen molar-refractivity contribution in [3.8, 4) is 0 Å². The smallest absolute Gasteiger partial charge is 0.230 e. The number of amides is 1. The summed E-state index contributed by atoms with van der Waals surface area (Å²) in [5.41, 5.74) is 0.926. The maximum absolute atomic E-state index is 12.3. The van der Waals surface area contributed by atoms with Crippen LogP contribution < -0.4 is 5.32 Å². The molecule has 1 aromatic carbocycles. The van der Waals surface area contributed by atoms with Gasteiger partial charge in [-0.05, 0) is 11.6 Å². The molecule has 130 valence electrons. The fourth-order valence-electron chi connectivity index (χ4n) is 2.24. The van der Waals surface area contributed by atoms with Crippen LogP contribution in [0.1, 0.15) is 17.4 Å². The Morgan fingerprint density at radius 3 is 3.00 bits per heavy atom. The molecule has 0 saturated heterocycles. The largest absolute Gasteiger partial charge is 0.302 e. The van der Waals surface area contributed by atoms with Gasteiger partial charge in [0.05, 0.1) is 22.5 Å². The normalized spacial score (nSPS) is 12.1. The van der Waals surface area contributed by atoms with Crippen LogP contribution in [0.3, 0.4) is 0 Å². The Morgan fingerprint density at radius 1 is 1.40 bits per heavy atom. The highest BCUT2D eigenvalue weighted by molar-refractivity contribution is 7.15. The molecule has 0 aliphatic carbocycles. The molecule has 9 heteroatoms. The van der Waals surface area contributed by atoms with E-state index in [1.54, 1.807) is 23.3 Å². The molecule has 25 heavy (non-hydrogen) atoms. The number of hydrogen-bond acceptors (Lipinski definition) is 5. The lowest BCUT2D eigenvalue weighted by atomic mass is 10.1. The number of nitrogens with zero attached hydrogens (tertiary/aromatic N) is 4. The topological polar surface area (TPSA) is 72.7 Å². The van der Waals surface area contributed by atoms with Gasteiger partial charge < -0.3 is 5.32 Å². The number of benzene rings is 1. The molecule has 2 aromatic heterocycles. The van der Waals surface area contributed by atoms with Gasteiger partial charge in [-0.3, -0.25) is 9.48 Å². The van der Waals surface area contributed by atoms with Crippen molar-refractivity contribution in [2.24, 2.45) is 5.92 Å². The lowest BCUT2D eigenvalue weighted by molar-refractivity contribution is -0.119. The zero-order valence-electron chi connectivity index (χ0n) is 13.3. The summed E-state index contributed by atoms with van der Waals surface area (Å²) in [5.74, 6) is -0.367. The van der Waals surface area contributed by atoms with E-state index in [9.17, 15) is 4.79 Å². The number of aromatic nitrogens is 4. The summed E-state index contributed by atoms with van der Waals surface area (Å²) in [6, 6.07) is 5.54. The van der Waals surface area contributed by atoms with Crippen molar-refractivity contribution in [2.75, 3.05) is 5.32 Å². The molecule has 3 aromatic rings. The molecule has 2 heterocycles. The number of hydrogen-bond donors (Lipinski definition) is 1. The van der Waals surface area contributed by atoms with Crippen molar-refractivity contribution in [1.82, 2.24) is 19.7 Å². The maximum Gasteiger partial charge on any atom is 0.230 e. The average molecular weight is 396 g/mol. The molecule has 0 radical (unpaired) electrons. The van der Waals surface area contributed by atoms with Gasteiger partial charge in [-0.25, -0.2) is 9.97 Å². The van der Waals surface area contributed by atoms with Gasteiger partial charge in [-0.1, -0.05) is 42.3 Å². The van der Waals surface area contributed by atoms with E-state index in [1.807, 2.05) is 19.1 Å². The van der Waals surface area contributed by atoms with Crippen LogP contribution in [0.5, 0.6) is 0 Å². The summed E-state index contributed by atoms with van der Waals surface area (Å²) >= 11 is 13.7. The Kier molecular flexibility index (Phi) is 5.67. The van der Waals surface area contributed by atoms with Gasteiger partial charge in [0.1, 0.15) is 12.7 Å². The number of carbonyl (C=O) groups excluding carboxylic acids is 1. The number of anilines is 1. The number of carbonyl (C=O) groups is 1. The molecule has 3 rings (SSSR count). The molecule has 1 atom stereocenters. The highest BCUT2D eigenvalue weighted by atomic mass is 35.5. The minimum Gasteiger partial charge on any atom is -0.302 e. The molecule has 0 saturated carbocycles. The quantitative estimate of drug-likeness (QED) is 0.686. The van der Waals surface area contributed by atoms with Crippen LogP contribution in [0.25, 0.3) is 0 Å². The summed E-state index contributed by atoms with van der Waals surface area (Å²) in [4.78, 5) is 21.4. The van der Waals surface area contributed by atoms with E-state index in [-0.39, 0.29) is 11.8 Å². The van der Waals surface area contributed by atoms with Crippen molar-refractivity contribution < 1.29 is 4.79 Å². The Labute approximate surface area is 158 Å². The molecule has 0 aliphatic rings. The molecular formula is C16H15Cl2N5OS. The third-order valence-corrected chi connectivity index (χ3v) is 5.33. The van der Waals surface area contributed by atoms with Crippen LogP contribution in [0.4, 0.5) is 5.13 Å². The van der Waals surface area contributed by atoms with E-state index in [4.69, 9.17) is 23.2 Å². The van der Waals surface area contributed by atoms with Crippen molar-refractivity contribution in [3.05, 3.63) is 57.5 Å². The molecule has 6 nitrogen and oxygen atoms in total. The number of nitrogens with one attached hydrogen (secondary N) is 1. The van der Waals surface area contributed by atoms with Crippen LogP contribution in [0, 0.1) is 5.92 Å². The maximum atomic E-state index is 12.3. The zero-order chi connectivity index (χ0) is 17.8. The first-order valence-electron chi connectivity index (χ1n) is 7.54. The van der Waals surface area contributed by atoms with Crippen LogP contribution in [-0.2, 0) is 17.8 Å². The van der Waals surface area contributed by atoms with Crippen molar-refractivity contribution in [2.45, 2.75) is 19.9 Å². The Balaban J connectivity index is 1.61. The number of rotatable bonds is 6. The van der Waals surface area contributed by atoms with Gasteiger partial charge >= 0.3 is 0 Å². The van der Waals surface area contributed by atoms with Crippen LogP contribution in [0.15, 0.2) is 37.1 Å². The second kappa shape index (κ2) is 7.95. The van der Waals surface area contributed by atoms with E-state index >= 15 is 0 Å². The van der Waals surface area contributed by atoms with Crippen molar-refractivity contribution in [1.29, 1.82) is 0 Å². The van der Waals surface area contributed by atoms with Crippen LogP contribution in [-0.4, -0.2) is 25.7 Å². The predicted octanol–water partition coefficient (Wildman–Crippen LogP) is 3.91. The summed E-state index contributed by atoms with van der Waals surface area (Å²) < 4.78 is 1.62. The van der Waals surface area contributed by atoms with Crippen molar-refractivity contribution >= 4 is 45.6 Å². The highest BCUT2D eigenvalue weighted by Gasteiger charge is 2.16. The molecule has 0 bridgehead atoms. The van der Waals surface area contributed by atoms with E-state index in [0.717, 1.165) is 10.4 Å². The molecule has 0 aliphatic heterocycles. The zero-order valence-corrected chi connectivity index (χ0v) is 15.6. The lowest BCUT2D eigenvalue weighted by Crippen LogP contribution is -2.24. The van der Waals surface area contributed by atoms with Gasteiger partial charge in [0.2, 0.25) is 5.91 Å². The van der Waals surface area contributed by atoms with Crippen molar-refractivity contribution in [3.63, 3.8) is 0 Å². The SMILES string of the molecule is C[C@H](Cn1cncn1)C(=O)Nc1ncc(Cc2cccc(Cl)c2Cl)s1. The fraction of sp³-hybridized carbons (Fsp3) is 0.250. The van der Waals surface area contributed by atoms with E-state index in [1.165, 1.54) is 17.7 Å². The molecule has 0 unspecified atom stereocenters. The summed E-state index contributed by atoms with van der Waals surface area (Å²) in [7, 11) is 0. The molecular weight excluding hydrogens is 381 g/mol. The Bertz CT molecular complexity index is 865. The van der Waals surface area contributed by atoms with Gasteiger partial charge in [0, 0.05) is 17.5 Å². The number of thiazole rings is 1. The molecule has 1 amide bonds. The number of halogens is 2. The predicted molar refractivity (Wildman–Crippen MR) is 99.2 cm³/mol. The second-order valence-electron chi connectivity index (χ2n) is 5.53. The lowest BCUT2D eigenvalue weighted by Gasteiger charge is -2.10.